The van der Waals surface area contributed by atoms with Gasteiger partial charge in [-0.3, -0.25) is 31.1 Å². The molecule has 0 unspecified atom stereocenters. The Morgan fingerprint density at radius 3 is 1.50 bits per heavy atom. The van der Waals surface area contributed by atoms with Crippen molar-refractivity contribution in [1.29, 1.82) is 0 Å². The molecule has 4 aromatic rings. The van der Waals surface area contributed by atoms with Gasteiger partial charge < -0.3 is 0 Å². The Hall–Kier alpha value is -4.68. The average molecular weight is 525 g/mol. The predicted octanol–water partition coefficient (Wildman–Crippen LogP) is 5.65. The number of rotatable bonds is 8. The van der Waals surface area contributed by atoms with Crippen molar-refractivity contribution in [3.8, 4) is 0 Å². The molecular formula is C22H14Cl2N8O4. The Morgan fingerprint density at radius 1 is 0.694 bits per heavy atom. The lowest BCUT2D eigenvalue weighted by Crippen LogP contribution is -2.03. The minimum absolute atomic E-state index is 0.134. The molecule has 3 aromatic carbocycles. The van der Waals surface area contributed by atoms with Gasteiger partial charge in [-0.2, -0.15) is 10.2 Å². The van der Waals surface area contributed by atoms with E-state index in [9.17, 15) is 20.2 Å². The molecular weight excluding hydrogens is 511 g/mol. The zero-order valence-electron chi connectivity index (χ0n) is 18.0. The number of hydrazone groups is 2. The number of hydrogen-bond donors (Lipinski definition) is 2. The fraction of sp³-hybridized carbons (Fsp3) is 0. The third kappa shape index (κ3) is 5.19. The van der Waals surface area contributed by atoms with Crippen LogP contribution in [-0.4, -0.2) is 32.5 Å². The summed E-state index contributed by atoms with van der Waals surface area (Å²) in [5.41, 5.74) is 5.32. The number of nitrogens with one attached hydrogen (secondary N) is 2. The van der Waals surface area contributed by atoms with Crippen molar-refractivity contribution in [2.24, 2.45) is 10.2 Å². The summed E-state index contributed by atoms with van der Waals surface area (Å²) in [5, 5.41) is 40.3. The van der Waals surface area contributed by atoms with E-state index >= 15 is 0 Å². The normalized spacial score (nSPS) is 11.3. The molecule has 0 aliphatic heterocycles. The van der Waals surface area contributed by atoms with Crippen LogP contribution in [0.25, 0.3) is 10.8 Å². The molecule has 2 N–H and O–H groups in total. The monoisotopic (exact) mass is 524 g/mol. The summed E-state index contributed by atoms with van der Waals surface area (Å²) in [6, 6.07) is 15.7. The summed E-state index contributed by atoms with van der Waals surface area (Å²) < 4.78 is 0. The van der Waals surface area contributed by atoms with E-state index in [1.165, 1.54) is 48.8 Å². The predicted molar refractivity (Wildman–Crippen MR) is 138 cm³/mol. The number of benzene rings is 3. The molecule has 0 aliphatic rings. The van der Waals surface area contributed by atoms with Gasteiger partial charge in [0.2, 0.25) is 0 Å². The molecule has 180 valence electrons. The van der Waals surface area contributed by atoms with Gasteiger partial charge in [-0.1, -0.05) is 59.6 Å². The largest absolute Gasteiger partial charge is 0.279 e. The highest BCUT2D eigenvalue weighted by atomic mass is 35.5. The Labute approximate surface area is 212 Å². The van der Waals surface area contributed by atoms with Crippen LogP contribution in [0.3, 0.4) is 0 Å². The zero-order chi connectivity index (χ0) is 25.7. The molecule has 1 aromatic heterocycles. The van der Waals surface area contributed by atoms with Crippen LogP contribution in [0.4, 0.5) is 23.0 Å². The summed E-state index contributed by atoms with van der Waals surface area (Å²) in [4.78, 5) is 21.4. The van der Waals surface area contributed by atoms with Gasteiger partial charge in [0.1, 0.15) is 0 Å². The molecule has 36 heavy (non-hydrogen) atoms. The van der Waals surface area contributed by atoms with Crippen LogP contribution in [0, 0.1) is 20.2 Å². The van der Waals surface area contributed by atoms with Gasteiger partial charge >= 0.3 is 0 Å². The van der Waals surface area contributed by atoms with E-state index in [4.69, 9.17) is 23.2 Å². The topological polar surface area (TPSA) is 161 Å². The van der Waals surface area contributed by atoms with Crippen molar-refractivity contribution in [3.63, 3.8) is 0 Å². The number of nitro groups is 2. The molecule has 1 heterocycles. The molecule has 0 spiro atoms. The van der Waals surface area contributed by atoms with Gasteiger partial charge in [0.25, 0.3) is 11.4 Å². The van der Waals surface area contributed by atoms with E-state index in [2.05, 4.69) is 31.3 Å². The maximum absolute atomic E-state index is 11.3. The van der Waals surface area contributed by atoms with E-state index in [-0.39, 0.29) is 44.2 Å². The third-order valence-corrected chi connectivity index (χ3v) is 5.53. The highest BCUT2D eigenvalue weighted by Crippen LogP contribution is 2.28. The van der Waals surface area contributed by atoms with Crippen molar-refractivity contribution < 1.29 is 9.85 Å². The van der Waals surface area contributed by atoms with Gasteiger partial charge in [0.15, 0.2) is 11.6 Å². The summed E-state index contributed by atoms with van der Waals surface area (Å²) in [6.45, 7) is 0. The number of hydrogen-bond acceptors (Lipinski definition) is 10. The first-order valence-electron chi connectivity index (χ1n) is 10.1. The maximum Gasteiger partial charge on any atom is 0.279 e. The molecule has 14 heteroatoms. The van der Waals surface area contributed by atoms with Gasteiger partial charge in [-0.25, -0.2) is 0 Å². The highest BCUT2D eigenvalue weighted by Gasteiger charge is 2.16. The number of aromatic nitrogens is 2. The molecule has 4 rings (SSSR count). The van der Waals surface area contributed by atoms with E-state index in [1.807, 2.05) is 0 Å². The number of halogens is 2. The van der Waals surface area contributed by atoms with Crippen LogP contribution < -0.4 is 10.9 Å². The number of nitro benzene ring substituents is 2. The van der Waals surface area contributed by atoms with Crippen LogP contribution >= 0.6 is 23.2 Å². The van der Waals surface area contributed by atoms with Crippen molar-refractivity contribution in [1.82, 2.24) is 10.2 Å². The molecule has 0 saturated carbocycles. The fourth-order valence-corrected chi connectivity index (χ4v) is 3.65. The van der Waals surface area contributed by atoms with Crippen LogP contribution in [0.15, 0.2) is 70.9 Å². The number of fused-ring (bicyclic) bond motifs is 1. The lowest BCUT2D eigenvalue weighted by molar-refractivity contribution is -0.385. The average Bonchev–Trinajstić information content (AvgIpc) is 2.86. The van der Waals surface area contributed by atoms with Crippen molar-refractivity contribution in [3.05, 3.63) is 102 Å². The second kappa shape index (κ2) is 10.7. The smallest absolute Gasteiger partial charge is 0.259 e. The Bertz CT molecular complexity index is 1430. The fourth-order valence-electron chi connectivity index (χ4n) is 3.21. The molecule has 12 nitrogen and oxygen atoms in total. The van der Waals surface area contributed by atoms with Crippen LogP contribution in [0.1, 0.15) is 11.1 Å². The summed E-state index contributed by atoms with van der Waals surface area (Å²) in [6.07, 6.45) is 2.45. The van der Waals surface area contributed by atoms with Gasteiger partial charge in [0, 0.05) is 22.9 Å². The van der Waals surface area contributed by atoms with Gasteiger partial charge in [-0.05, 0) is 12.1 Å². The summed E-state index contributed by atoms with van der Waals surface area (Å²) in [5.74, 6) is 0.542. The minimum atomic E-state index is -0.555. The SMILES string of the molecule is O=[N+]([O-])c1cccc(Cl)c1C=NNc1nnc(NN=Cc2c(Cl)cccc2[N+](=O)[O-])c2ccccc12. The van der Waals surface area contributed by atoms with E-state index in [0.29, 0.717) is 10.8 Å². The second-order valence-electron chi connectivity index (χ2n) is 7.04. The van der Waals surface area contributed by atoms with Crippen LogP contribution in [0.2, 0.25) is 10.0 Å². The first-order chi connectivity index (χ1) is 17.4. The lowest BCUT2D eigenvalue weighted by Gasteiger charge is -2.08. The molecule has 0 amide bonds. The second-order valence-corrected chi connectivity index (χ2v) is 7.86. The molecule has 0 aliphatic carbocycles. The van der Waals surface area contributed by atoms with E-state index in [1.54, 1.807) is 24.3 Å². The Morgan fingerprint density at radius 2 is 1.11 bits per heavy atom. The lowest BCUT2D eigenvalue weighted by atomic mass is 10.2. The van der Waals surface area contributed by atoms with Crippen molar-refractivity contribution in [2.75, 3.05) is 10.9 Å². The molecule has 0 saturated heterocycles. The first kappa shape index (κ1) is 24.4. The molecule has 0 bridgehead atoms. The summed E-state index contributed by atoms with van der Waals surface area (Å²) >= 11 is 12.2. The maximum atomic E-state index is 11.3. The van der Waals surface area contributed by atoms with E-state index < -0.39 is 9.85 Å². The molecule has 0 fully saturated rings. The summed E-state index contributed by atoms with van der Waals surface area (Å²) in [7, 11) is 0. The molecule has 0 atom stereocenters. The third-order valence-electron chi connectivity index (χ3n) is 4.87. The Balaban J connectivity index is 1.60. The Kier molecular flexibility index (Phi) is 7.28. The quantitative estimate of drug-likeness (QED) is 0.170. The van der Waals surface area contributed by atoms with Gasteiger partial charge in [0.05, 0.1) is 43.4 Å². The van der Waals surface area contributed by atoms with E-state index in [0.717, 1.165) is 0 Å². The van der Waals surface area contributed by atoms with Crippen molar-refractivity contribution >= 4 is 69.4 Å². The molecule has 0 radical (unpaired) electrons. The standard InChI is InChI=1S/C22H14Cl2N8O4/c23-17-7-3-9-19(31(33)34)15(17)11-25-27-21-13-5-1-2-6-14(13)22(30-29-21)28-26-12-16-18(24)8-4-10-20(16)32(35)36/h1-12H,(H,27,29)(H,28,30). The minimum Gasteiger partial charge on any atom is -0.259 e. The highest BCUT2D eigenvalue weighted by molar-refractivity contribution is 6.34. The van der Waals surface area contributed by atoms with Gasteiger partial charge in [-0.15, -0.1) is 10.2 Å². The number of nitrogens with zero attached hydrogens (tertiary/aromatic N) is 6. The zero-order valence-corrected chi connectivity index (χ0v) is 19.5. The van der Waals surface area contributed by atoms with Crippen LogP contribution in [0.5, 0.6) is 0 Å². The first-order valence-corrected chi connectivity index (χ1v) is 10.8. The van der Waals surface area contributed by atoms with Crippen molar-refractivity contribution in [2.45, 2.75) is 0 Å². The number of anilines is 2. The van der Waals surface area contributed by atoms with Crippen LogP contribution in [-0.2, 0) is 0 Å².